The van der Waals surface area contributed by atoms with Crippen LogP contribution in [0.2, 0.25) is 0 Å². The van der Waals surface area contributed by atoms with Crippen LogP contribution in [0.5, 0.6) is 0 Å². The zero-order valence-electron chi connectivity index (χ0n) is 12.5. The van der Waals surface area contributed by atoms with Crippen LogP contribution in [0.1, 0.15) is 23.7 Å². The van der Waals surface area contributed by atoms with Crippen LogP contribution >= 0.6 is 11.3 Å². The van der Waals surface area contributed by atoms with Crippen LogP contribution in [0.25, 0.3) is 10.9 Å². The topological polar surface area (TPSA) is 24.9 Å². The summed E-state index contributed by atoms with van der Waals surface area (Å²) >= 11 is 1.76. The maximum atomic E-state index is 4.54. The molecule has 2 nitrogen and oxygen atoms in total. The van der Waals surface area contributed by atoms with Crippen LogP contribution in [-0.2, 0) is 13.0 Å². The molecule has 3 aromatic rings. The molecular formula is C18H20N2S. The third-order valence-electron chi connectivity index (χ3n) is 3.67. The number of pyridine rings is 1. The third-order valence-corrected chi connectivity index (χ3v) is 4.40. The molecule has 3 heteroatoms. The van der Waals surface area contributed by atoms with Crippen molar-refractivity contribution in [3.05, 3.63) is 64.0 Å². The molecule has 1 aromatic carbocycles. The number of fused-ring (bicyclic) bond motifs is 1. The predicted octanol–water partition coefficient (Wildman–Crippen LogP) is 4.33. The molecule has 1 N–H and O–H groups in total. The minimum atomic E-state index is 0.478. The predicted molar refractivity (Wildman–Crippen MR) is 90.8 cm³/mol. The molecule has 108 valence electrons. The summed E-state index contributed by atoms with van der Waals surface area (Å²) in [5.74, 6) is 0. The summed E-state index contributed by atoms with van der Waals surface area (Å²) < 4.78 is 0. The fourth-order valence-corrected chi connectivity index (χ4v) is 3.20. The van der Waals surface area contributed by atoms with Crippen molar-refractivity contribution in [1.82, 2.24) is 10.3 Å². The Morgan fingerprint density at radius 3 is 2.86 bits per heavy atom. The van der Waals surface area contributed by atoms with Gasteiger partial charge in [0.25, 0.3) is 0 Å². The molecule has 0 saturated carbocycles. The van der Waals surface area contributed by atoms with Crippen LogP contribution in [0.15, 0.2) is 47.2 Å². The van der Waals surface area contributed by atoms with Gasteiger partial charge in [-0.25, -0.2) is 0 Å². The lowest BCUT2D eigenvalue weighted by molar-refractivity contribution is 0.546. The molecule has 0 amide bonds. The highest BCUT2D eigenvalue weighted by Gasteiger charge is 2.04. The minimum Gasteiger partial charge on any atom is -0.310 e. The molecule has 1 unspecified atom stereocenters. The number of benzene rings is 1. The molecule has 1 atom stereocenters. The van der Waals surface area contributed by atoms with Crippen molar-refractivity contribution in [2.75, 3.05) is 0 Å². The molecule has 0 fully saturated rings. The zero-order chi connectivity index (χ0) is 14.7. The fraction of sp³-hybridized carbons (Fsp3) is 0.278. The van der Waals surface area contributed by atoms with E-state index in [1.807, 2.05) is 6.92 Å². The summed E-state index contributed by atoms with van der Waals surface area (Å²) in [7, 11) is 0. The van der Waals surface area contributed by atoms with E-state index in [4.69, 9.17) is 0 Å². The van der Waals surface area contributed by atoms with Crippen LogP contribution in [0.4, 0.5) is 0 Å². The summed E-state index contributed by atoms with van der Waals surface area (Å²) in [5.41, 5.74) is 4.87. The van der Waals surface area contributed by atoms with Gasteiger partial charge in [-0.05, 0) is 66.4 Å². The van der Waals surface area contributed by atoms with Crippen molar-refractivity contribution in [1.29, 1.82) is 0 Å². The van der Waals surface area contributed by atoms with Gasteiger partial charge in [-0.2, -0.15) is 11.3 Å². The van der Waals surface area contributed by atoms with Gasteiger partial charge in [0.05, 0.1) is 5.52 Å². The summed E-state index contributed by atoms with van der Waals surface area (Å²) in [4.78, 5) is 4.54. The van der Waals surface area contributed by atoms with Crippen molar-refractivity contribution in [3.63, 3.8) is 0 Å². The Morgan fingerprint density at radius 2 is 2.05 bits per heavy atom. The quantitative estimate of drug-likeness (QED) is 0.758. The van der Waals surface area contributed by atoms with Gasteiger partial charge in [0.2, 0.25) is 0 Å². The number of rotatable bonds is 5. The van der Waals surface area contributed by atoms with Crippen molar-refractivity contribution in [3.8, 4) is 0 Å². The Bertz CT molecular complexity index is 719. The molecule has 3 rings (SSSR count). The van der Waals surface area contributed by atoms with E-state index in [1.54, 1.807) is 11.3 Å². The molecule has 2 heterocycles. The fourth-order valence-electron chi connectivity index (χ4n) is 2.51. The largest absolute Gasteiger partial charge is 0.310 e. The number of thiophene rings is 1. The number of nitrogens with zero attached hydrogens (tertiary/aromatic N) is 1. The van der Waals surface area contributed by atoms with Gasteiger partial charge in [-0.15, -0.1) is 0 Å². The van der Waals surface area contributed by atoms with Gasteiger partial charge in [-0.1, -0.05) is 12.1 Å². The first-order chi connectivity index (χ1) is 10.2. The number of aryl methyl sites for hydroxylation is 1. The second kappa shape index (κ2) is 6.37. The second-order valence-electron chi connectivity index (χ2n) is 5.60. The standard InChI is InChI=1S/C18H20N2S/c1-13-3-5-17-10-15(4-6-18(17)20-13)11-19-14(2)9-16-7-8-21-12-16/h3-8,10,12,14,19H,9,11H2,1-2H3. The number of nitrogens with one attached hydrogen (secondary N) is 1. The van der Waals surface area contributed by atoms with Gasteiger partial charge in [-0.3, -0.25) is 4.98 Å². The number of hydrogen-bond acceptors (Lipinski definition) is 3. The molecule has 0 saturated heterocycles. The SMILES string of the molecule is Cc1ccc2cc(CNC(C)Cc3ccsc3)ccc2n1. The Kier molecular flexibility index (Phi) is 4.32. The van der Waals surface area contributed by atoms with Crippen LogP contribution in [0.3, 0.4) is 0 Å². The van der Waals surface area contributed by atoms with Crippen LogP contribution < -0.4 is 5.32 Å². The minimum absolute atomic E-state index is 0.478. The van der Waals surface area contributed by atoms with Gasteiger partial charge < -0.3 is 5.32 Å². The number of hydrogen-bond donors (Lipinski definition) is 1. The maximum Gasteiger partial charge on any atom is 0.0705 e. The van der Waals surface area contributed by atoms with Crippen LogP contribution in [0, 0.1) is 6.92 Å². The van der Waals surface area contributed by atoms with E-state index in [2.05, 4.69) is 64.4 Å². The zero-order valence-corrected chi connectivity index (χ0v) is 13.3. The van der Waals surface area contributed by atoms with Crippen molar-refractivity contribution >= 4 is 22.2 Å². The lowest BCUT2D eigenvalue weighted by Gasteiger charge is -2.13. The van der Waals surface area contributed by atoms with Gasteiger partial charge in [0.1, 0.15) is 0 Å². The Labute approximate surface area is 129 Å². The third kappa shape index (κ3) is 3.69. The molecule has 0 bridgehead atoms. The van der Waals surface area contributed by atoms with Crippen molar-refractivity contribution in [2.24, 2.45) is 0 Å². The molecule has 0 radical (unpaired) electrons. The van der Waals surface area contributed by atoms with Gasteiger partial charge in [0, 0.05) is 23.7 Å². The molecule has 0 aliphatic heterocycles. The summed E-state index contributed by atoms with van der Waals surface area (Å²) in [6.45, 7) is 5.17. The Morgan fingerprint density at radius 1 is 1.14 bits per heavy atom. The Balaban J connectivity index is 1.63. The lowest BCUT2D eigenvalue weighted by atomic mass is 10.1. The van der Waals surface area contributed by atoms with Crippen molar-refractivity contribution < 1.29 is 0 Å². The van der Waals surface area contributed by atoms with Crippen LogP contribution in [-0.4, -0.2) is 11.0 Å². The molecular weight excluding hydrogens is 276 g/mol. The first kappa shape index (κ1) is 14.2. The highest BCUT2D eigenvalue weighted by molar-refractivity contribution is 7.07. The van der Waals surface area contributed by atoms with Gasteiger partial charge >= 0.3 is 0 Å². The first-order valence-corrected chi connectivity index (χ1v) is 8.26. The van der Waals surface area contributed by atoms with Crippen molar-refractivity contribution in [2.45, 2.75) is 32.9 Å². The van der Waals surface area contributed by atoms with E-state index in [0.29, 0.717) is 6.04 Å². The summed E-state index contributed by atoms with van der Waals surface area (Å²) in [6, 6.07) is 13.4. The van der Waals surface area contributed by atoms with Gasteiger partial charge in [0.15, 0.2) is 0 Å². The average molecular weight is 296 g/mol. The molecule has 0 spiro atoms. The molecule has 0 aliphatic carbocycles. The van der Waals surface area contributed by atoms with E-state index in [-0.39, 0.29) is 0 Å². The molecule has 21 heavy (non-hydrogen) atoms. The van der Waals surface area contributed by atoms with E-state index < -0.39 is 0 Å². The normalized spacial score (nSPS) is 12.7. The second-order valence-corrected chi connectivity index (χ2v) is 6.38. The number of aromatic nitrogens is 1. The van der Waals surface area contributed by atoms with E-state index in [1.165, 1.54) is 16.5 Å². The average Bonchev–Trinajstić information content (AvgIpc) is 2.98. The summed E-state index contributed by atoms with van der Waals surface area (Å²) in [5, 5.41) is 9.17. The highest BCUT2D eigenvalue weighted by atomic mass is 32.1. The molecule has 2 aromatic heterocycles. The lowest BCUT2D eigenvalue weighted by Crippen LogP contribution is -2.27. The van der Waals surface area contributed by atoms with E-state index in [0.717, 1.165) is 24.2 Å². The first-order valence-electron chi connectivity index (χ1n) is 7.31. The smallest absolute Gasteiger partial charge is 0.0705 e. The maximum absolute atomic E-state index is 4.54. The highest BCUT2D eigenvalue weighted by Crippen LogP contribution is 2.15. The summed E-state index contributed by atoms with van der Waals surface area (Å²) in [6.07, 6.45) is 1.08. The molecule has 0 aliphatic rings. The van der Waals surface area contributed by atoms with E-state index >= 15 is 0 Å². The Hall–Kier alpha value is -1.71. The van der Waals surface area contributed by atoms with E-state index in [9.17, 15) is 0 Å². The monoisotopic (exact) mass is 296 g/mol.